The van der Waals surface area contributed by atoms with Crippen LogP contribution < -0.4 is 25.3 Å². The number of methoxy groups -OCH3 is 3. The predicted molar refractivity (Wildman–Crippen MR) is 83.7 cm³/mol. The van der Waals surface area contributed by atoms with E-state index in [1.54, 1.807) is 21.3 Å². The molecule has 0 amide bonds. The van der Waals surface area contributed by atoms with Gasteiger partial charge in [-0.1, -0.05) is 5.16 Å². The fraction of sp³-hybridized carbons (Fsp3) is 0.533. The topological polar surface area (TPSA) is 87.3 Å². The molecular weight excluding hydrogens is 286 g/mol. The van der Waals surface area contributed by atoms with Gasteiger partial charge in [0.1, 0.15) is 6.61 Å². The van der Waals surface area contributed by atoms with Crippen molar-refractivity contribution in [2.75, 3.05) is 41.0 Å². The monoisotopic (exact) mass is 309 g/mol. The standard InChI is InChI=1S/C15H23N3O4/c1-19-13-5-4-10(14(20-2)15(13)21-3)9-22-18-12-8-17-7-11(12)6-16/h4-5,11,17H,6-9,16H2,1-3H3/b18-12+. The van der Waals surface area contributed by atoms with E-state index in [4.69, 9.17) is 24.8 Å². The van der Waals surface area contributed by atoms with Gasteiger partial charge in [0, 0.05) is 31.1 Å². The second-order valence-corrected chi connectivity index (χ2v) is 4.91. The third-order valence-electron chi connectivity index (χ3n) is 3.64. The molecule has 7 heteroatoms. The molecule has 1 aliphatic heterocycles. The zero-order chi connectivity index (χ0) is 15.9. The van der Waals surface area contributed by atoms with Gasteiger partial charge in [-0.3, -0.25) is 0 Å². The molecular formula is C15H23N3O4. The third kappa shape index (κ3) is 3.42. The van der Waals surface area contributed by atoms with Crippen LogP contribution in [0.4, 0.5) is 0 Å². The van der Waals surface area contributed by atoms with E-state index in [2.05, 4.69) is 10.5 Å². The van der Waals surface area contributed by atoms with E-state index in [-0.39, 0.29) is 12.5 Å². The second-order valence-electron chi connectivity index (χ2n) is 4.91. The van der Waals surface area contributed by atoms with Crippen molar-refractivity contribution < 1.29 is 19.0 Å². The van der Waals surface area contributed by atoms with Crippen LogP contribution in [0.5, 0.6) is 17.2 Å². The minimum Gasteiger partial charge on any atom is -0.493 e. The van der Waals surface area contributed by atoms with Gasteiger partial charge in [0.05, 0.1) is 27.0 Å². The summed E-state index contributed by atoms with van der Waals surface area (Å²) < 4.78 is 16.0. The van der Waals surface area contributed by atoms with Gasteiger partial charge < -0.3 is 30.1 Å². The highest BCUT2D eigenvalue weighted by Crippen LogP contribution is 2.39. The molecule has 0 bridgehead atoms. The van der Waals surface area contributed by atoms with Gasteiger partial charge in [0.15, 0.2) is 11.5 Å². The van der Waals surface area contributed by atoms with E-state index in [0.29, 0.717) is 30.3 Å². The first-order valence-electron chi connectivity index (χ1n) is 7.12. The number of benzene rings is 1. The summed E-state index contributed by atoms with van der Waals surface area (Å²) in [6.45, 7) is 2.41. The number of hydrogen-bond acceptors (Lipinski definition) is 7. The first kappa shape index (κ1) is 16.4. The number of nitrogens with two attached hydrogens (primary N) is 1. The highest BCUT2D eigenvalue weighted by Gasteiger charge is 2.21. The molecule has 1 unspecified atom stereocenters. The van der Waals surface area contributed by atoms with Crippen LogP contribution in [0.3, 0.4) is 0 Å². The van der Waals surface area contributed by atoms with Crippen LogP contribution in [0.1, 0.15) is 5.56 Å². The molecule has 0 spiro atoms. The Morgan fingerprint density at radius 1 is 1.18 bits per heavy atom. The summed E-state index contributed by atoms with van der Waals surface area (Å²) >= 11 is 0. The fourth-order valence-electron chi connectivity index (χ4n) is 2.42. The Morgan fingerprint density at radius 3 is 2.59 bits per heavy atom. The van der Waals surface area contributed by atoms with Crippen molar-refractivity contribution in [3.63, 3.8) is 0 Å². The average molecular weight is 309 g/mol. The van der Waals surface area contributed by atoms with Gasteiger partial charge in [0.25, 0.3) is 0 Å². The lowest BCUT2D eigenvalue weighted by molar-refractivity contribution is 0.126. The number of nitrogens with one attached hydrogen (secondary N) is 1. The maximum atomic E-state index is 5.70. The molecule has 1 aliphatic rings. The highest BCUT2D eigenvalue weighted by molar-refractivity contribution is 5.90. The first-order valence-corrected chi connectivity index (χ1v) is 7.12. The molecule has 0 saturated carbocycles. The maximum absolute atomic E-state index is 5.70. The highest BCUT2D eigenvalue weighted by atomic mass is 16.6. The quantitative estimate of drug-likeness (QED) is 0.723. The summed E-state index contributed by atoms with van der Waals surface area (Å²) in [7, 11) is 4.73. The van der Waals surface area contributed by atoms with E-state index >= 15 is 0 Å². The summed E-state index contributed by atoms with van der Waals surface area (Å²) in [5, 5.41) is 7.42. The molecule has 1 heterocycles. The normalized spacial score (nSPS) is 19.3. The molecule has 0 radical (unpaired) electrons. The van der Waals surface area contributed by atoms with Crippen LogP contribution in [-0.4, -0.2) is 46.7 Å². The van der Waals surface area contributed by atoms with Gasteiger partial charge >= 0.3 is 0 Å². The maximum Gasteiger partial charge on any atom is 0.203 e. The Labute approximate surface area is 130 Å². The SMILES string of the molecule is COc1ccc(CO/N=C2\CNCC2CN)c(OC)c1OC. The minimum atomic E-state index is 0.243. The smallest absolute Gasteiger partial charge is 0.203 e. The minimum absolute atomic E-state index is 0.243. The van der Waals surface area contributed by atoms with Crippen LogP contribution in [0.2, 0.25) is 0 Å². The zero-order valence-electron chi connectivity index (χ0n) is 13.2. The van der Waals surface area contributed by atoms with E-state index in [1.165, 1.54) is 0 Å². The van der Waals surface area contributed by atoms with Crippen molar-refractivity contribution in [3.05, 3.63) is 17.7 Å². The van der Waals surface area contributed by atoms with Gasteiger partial charge in [0.2, 0.25) is 5.75 Å². The molecule has 1 aromatic carbocycles. The Balaban J connectivity index is 2.11. The second kappa shape index (κ2) is 7.86. The molecule has 1 atom stereocenters. The molecule has 122 valence electrons. The Kier molecular flexibility index (Phi) is 5.85. The zero-order valence-corrected chi connectivity index (χ0v) is 13.2. The molecule has 7 nitrogen and oxygen atoms in total. The summed E-state index contributed by atoms with van der Waals surface area (Å²) in [5.74, 6) is 1.98. The first-order chi connectivity index (χ1) is 10.7. The van der Waals surface area contributed by atoms with Crippen molar-refractivity contribution >= 4 is 5.71 Å². The number of rotatable bonds is 7. The molecule has 1 aromatic rings. The Bertz CT molecular complexity index is 534. The predicted octanol–water partition coefficient (Wildman–Crippen LogP) is 0.763. The summed E-state index contributed by atoms with van der Waals surface area (Å²) in [6, 6.07) is 3.68. The van der Waals surface area contributed by atoms with Crippen LogP contribution in [0, 0.1) is 5.92 Å². The molecule has 0 aliphatic carbocycles. The van der Waals surface area contributed by atoms with Crippen molar-refractivity contribution in [1.29, 1.82) is 0 Å². The molecule has 0 aromatic heterocycles. The summed E-state index contributed by atoms with van der Waals surface area (Å²) in [6.07, 6.45) is 0. The lowest BCUT2D eigenvalue weighted by atomic mass is 10.1. The number of nitrogens with zero attached hydrogens (tertiary/aromatic N) is 1. The van der Waals surface area contributed by atoms with Crippen molar-refractivity contribution in [3.8, 4) is 17.2 Å². The van der Waals surface area contributed by atoms with Crippen LogP contribution in [-0.2, 0) is 11.4 Å². The number of hydrogen-bond donors (Lipinski definition) is 2. The third-order valence-corrected chi connectivity index (χ3v) is 3.64. The number of ether oxygens (including phenoxy) is 3. The van der Waals surface area contributed by atoms with E-state index in [0.717, 1.165) is 17.8 Å². The Hall–Kier alpha value is -1.99. The summed E-state index contributed by atoms with van der Waals surface area (Å²) in [5.41, 5.74) is 7.48. The van der Waals surface area contributed by atoms with Crippen LogP contribution in [0.15, 0.2) is 17.3 Å². The van der Waals surface area contributed by atoms with Crippen LogP contribution in [0.25, 0.3) is 0 Å². The lowest BCUT2D eigenvalue weighted by Gasteiger charge is -2.15. The van der Waals surface area contributed by atoms with Crippen LogP contribution >= 0.6 is 0 Å². The largest absolute Gasteiger partial charge is 0.493 e. The average Bonchev–Trinajstić information content (AvgIpc) is 3.01. The molecule has 2 rings (SSSR count). The van der Waals surface area contributed by atoms with Crippen molar-refractivity contribution in [2.24, 2.45) is 16.8 Å². The number of oxime groups is 1. The van der Waals surface area contributed by atoms with Gasteiger partial charge in [-0.05, 0) is 12.1 Å². The van der Waals surface area contributed by atoms with Gasteiger partial charge in [-0.25, -0.2) is 0 Å². The molecule has 1 saturated heterocycles. The molecule has 22 heavy (non-hydrogen) atoms. The van der Waals surface area contributed by atoms with Crippen molar-refractivity contribution in [1.82, 2.24) is 5.32 Å². The van der Waals surface area contributed by atoms with E-state index in [9.17, 15) is 0 Å². The Morgan fingerprint density at radius 2 is 1.95 bits per heavy atom. The molecule has 1 fully saturated rings. The van der Waals surface area contributed by atoms with Gasteiger partial charge in [-0.2, -0.15) is 0 Å². The molecule has 3 N–H and O–H groups in total. The summed E-state index contributed by atoms with van der Waals surface area (Å²) in [4.78, 5) is 5.47. The fourth-order valence-corrected chi connectivity index (χ4v) is 2.42. The lowest BCUT2D eigenvalue weighted by Crippen LogP contribution is -2.22. The van der Waals surface area contributed by atoms with Gasteiger partial charge in [-0.15, -0.1) is 0 Å². The van der Waals surface area contributed by atoms with Crippen molar-refractivity contribution in [2.45, 2.75) is 6.61 Å². The van der Waals surface area contributed by atoms with E-state index < -0.39 is 0 Å². The van der Waals surface area contributed by atoms with E-state index in [1.807, 2.05) is 12.1 Å².